The molecule has 1 aromatic heterocycles. The van der Waals surface area contributed by atoms with E-state index in [4.69, 9.17) is 14.2 Å². The van der Waals surface area contributed by atoms with Crippen molar-refractivity contribution in [1.82, 2.24) is 15.1 Å². The summed E-state index contributed by atoms with van der Waals surface area (Å²) < 4.78 is 16.1. The van der Waals surface area contributed by atoms with Crippen LogP contribution in [-0.2, 0) is 0 Å². The molecule has 0 fully saturated rings. The van der Waals surface area contributed by atoms with Crippen LogP contribution in [0, 0.1) is 0 Å². The minimum atomic E-state index is -0.399. The molecule has 174 valence electrons. The Labute approximate surface area is 193 Å². The van der Waals surface area contributed by atoms with Crippen LogP contribution in [0.5, 0.6) is 23.0 Å². The number of nitrogens with one attached hydrogen (secondary N) is 1. The van der Waals surface area contributed by atoms with Gasteiger partial charge in [0.15, 0.2) is 11.5 Å². The highest BCUT2D eigenvalue weighted by Gasteiger charge is 2.42. The molecule has 1 unspecified atom stereocenters. The molecule has 2 aromatic carbocycles. The maximum atomic E-state index is 13.4. The lowest BCUT2D eigenvalue weighted by atomic mass is 9.95. The molecule has 1 atom stereocenters. The van der Waals surface area contributed by atoms with Crippen LogP contribution in [0.15, 0.2) is 36.4 Å². The van der Waals surface area contributed by atoms with Gasteiger partial charge in [-0.1, -0.05) is 19.8 Å². The van der Waals surface area contributed by atoms with Crippen molar-refractivity contribution in [2.75, 3.05) is 27.9 Å². The number of ether oxygens (including phenoxy) is 3. The molecule has 0 saturated heterocycles. The van der Waals surface area contributed by atoms with Gasteiger partial charge in [0.05, 0.1) is 33.1 Å². The number of aromatic hydroxyl groups is 1. The topological polar surface area (TPSA) is 96.9 Å². The molecule has 2 heterocycles. The van der Waals surface area contributed by atoms with Gasteiger partial charge < -0.3 is 24.2 Å². The fourth-order valence-corrected chi connectivity index (χ4v) is 4.35. The Kier molecular flexibility index (Phi) is 6.44. The first-order valence-corrected chi connectivity index (χ1v) is 11.0. The number of carbonyl (C=O) groups excluding carboxylic acids is 1. The van der Waals surface area contributed by atoms with Gasteiger partial charge in [0.2, 0.25) is 5.75 Å². The van der Waals surface area contributed by atoms with Crippen LogP contribution in [0.25, 0.3) is 11.3 Å². The first-order valence-electron chi connectivity index (χ1n) is 11.0. The average molecular weight is 452 g/mol. The van der Waals surface area contributed by atoms with Gasteiger partial charge in [0.1, 0.15) is 11.4 Å². The number of hydrogen-bond acceptors (Lipinski definition) is 6. The van der Waals surface area contributed by atoms with E-state index in [1.54, 1.807) is 19.2 Å². The largest absolute Gasteiger partial charge is 0.502 e. The Bertz CT molecular complexity index is 1110. The van der Waals surface area contributed by atoms with E-state index in [0.29, 0.717) is 17.9 Å². The van der Waals surface area contributed by atoms with Gasteiger partial charge in [-0.3, -0.25) is 9.89 Å². The molecule has 8 heteroatoms. The van der Waals surface area contributed by atoms with E-state index in [-0.39, 0.29) is 23.2 Å². The third-order valence-corrected chi connectivity index (χ3v) is 6.05. The smallest absolute Gasteiger partial charge is 0.273 e. The number of hydrogen-bond donors (Lipinski definition) is 2. The highest BCUT2D eigenvalue weighted by atomic mass is 16.5. The molecule has 2 N–H and O–H groups in total. The van der Waals surface area contributed by atoms with E-state index in [1.807, 2.05) is 29.2 Å². The molecule has 8 nitrogen and oxygen atoms in total. The predicted octanol–water partition coefficient (Wildman–Crippen LogP) is 4.54. The van der Waals surface area contributed by atoms with Crippen LogP contribution < -0.4 is 14.2 Å². The Hall–Kier alpha value is -3.68. The molecule has 0 spiro atoms. The number of H-pyrrole nitrogens is 1. The van der Waals surface area contributed by atoms with Gasteiger partial charge in [0, 0.05) is 17.7 Å². The molecular weight excluding hydrogens is 422 g/mol. The van der Waals surface area contributed by atoms with Crippen LogP contribution in [-0.4, -0.2) is 54.0 Å². The molecule has 3 aromatic rings. The summed E-state index contributed by atoms with van der Waals surface area (Å²) in [5, 5.41) is 17.9. The molecule has 0 aliphatic carbocycles. The third kappa shape index (κ3) is 3.97. The zero-order chi connectivity index (χ0) is 23.5. The fraction of sp³-hybridized carbons (Fsp3) is 0.360. The molecule has 1 aliphatic heterocycles. The number of fused-ring (bicyclic) bond motifs is 1. The van der Waals surface area contributed by atoms with Crippen LogP contribution in [0.4, 0.5) is 0 Å². The maximum absolute atomic E-state index is 13.4. The number of carbonyl (C=O) groups is 1. The Balaban J connectivity index is 1.86. The van der Waals surface area contributed by atoms with Gasteiger partial charge in [0.25, 0.3) is 5.91 Å². The molecule has 1 amide bonds. The normalized spacial score (nSPS) is 15.0. The molecule has 0 saturated carbocycles. The number of aromatic amines is 1. The van der Waals surface area contributed by atoms with E-state index in [2.05, 4.69) is 17.1 Å². The van der Waals surface area contributed by atoms with Crippen LogP contribution in [0.3, 0.4) is 0 Å². The zero-order valence-corrected chi connectivity index (χ0v) is 19.3. The summed E-state index contributed by atoms with van der Waals surface area (Å²) in [5.41, 5.74) is 3.64. The number of rotatable bonds is 9. The highest BCUT2D eigenvalue weighted by molar-refractivity contribution is 6.00. The van der Waals surface area contributed by atoms with E-state index < -0.39 is 6.04 Å². The lowest BCUT2D eigenvalue weighted by Gasteiger charge is -2.27. The molecular formula is C25H29N3O5. The summed E-state index contributed by atoms with van der Waals surface area (Å²) in [6, 6.07) is 10.7. The maximum Gasteiger partial charge on any atom is 0.273 e. The van der Waals surface area contributed by atoms with Crippen molar-refractivity contribution in [3.05, 3.63) is 53.2 Å². The molecule has 1 aliphatic rings. The third-order valence-electron chi connectivity index (χ3n) is 6.05. The SMILES string of the molecule is CCCCCN1C(=O)c2[nH]nc(-c3ccc(OC)cc3)c2C1c1cc(OC)c(O)c(OC)c1. The molecule has 4 rings (SSSR count). The highest BCUT2D eigenvalue weighted by Crippen LogP contribution is 2.47. The zero-order valence-electron chi connectivity index (χ0n) is 19.3. The summed E-state index contributed by atoms with van der Waals surface area (Å²) in [6.45, 7) is 2.74. The second-order valence-electron chi connectivity index (χ2n) is 7.97. The lowest BCUT2D eigenvalue weighted by molar-refractivity contribution is 0.0740. The molecule has 0 bridgehead atoms. The second-order valence-corrected chi connectivity index (χ2v) is 7.97. The van der Waals surface area contributed by atoms with Gasteiger partial charge in [-0.25, -0.2) is 0 Å². The van der Waals surface area contributed by atoms with Crippen molar-refractivity contribution < 1.29 is 24.1 Å². The number of methoxy groups -OCH3 is 3. The number of phenolic OH excluding ortho intramolecular Hbond substituents is 1. The predicted molar refractivity (Wildman–Crippen MR) is 124 cm³/mol. The van der Waals surface area contributed by atoms with Crippen molar-refractivity contribution in [2.24, 2.45) is 0 Å². The Morgan fingerprint density at radius 1 is 1.03 bits per heavy atom. The summed E-state index contributed by atoms with van der Waals surface area (Å²) in [5.74, 6) is 1.15. The monoisotopic (exact) mass is 451 g/mol. The number of benzene rings is 2. The molecule has 33 heavy (non-hydrogen) atoms. The summed E-state index contributed by atoms with van der Waals surface area (Å²) >= 11 is 0. The van der Waals surface area contributed by atoms with E-state index in [0.717, 1.165) is 41.7 Å². The van der Waals surface area contributed by atoms with Crippen molar-refractivity contribution in [2.45, 2.75) is 32.2 Å². The lowest BCUT2D eigenvalue weighted by Crippen LogP contribution is -2.30. The minimum absolute atomic E-state index is 0.0756. The van der Waals surface area contributed by atoms with E-state index in [9.17, 15) is 9.90 Å². The van der Waals surface area contributed by atoms with Crippen molar-refractivity contribution in [3.63, 3.8) is 0 Å². The Morgan fingerprint density at radius 3 is 2.27 bits per heavy atom. The van der Waals surface area contributed by atoms with Crippen molar-refractivity contribution in [1.29, 1.82) is 0 Å². The number of aromatic nitrogens is 2. The number of unbranched alkanes of at least 4 members (excludes halogenated alkanes) is 2. The standard InChI is InChI=1S/C25H29N3O5/c1-5-6-7-12-28-23(16-13-18(32-3)24(29)19(14-16)33-4)20-21(26-27-22(20)25(28)30)15-8-10-17(31-2)11-9-15/h8-11,13-14,23,29H,5-7,12H2,1-4H3,(H,26,27). The van der Waals surface area contributed by atoms with Gasteiger partial charge in [-0.05, 0) is 48.4 Å². The minimum Gasteiger partial charge on any atom is -0.502 e. The summed E-state index contributed by atoms with van der Waals surface area (Å²) in [4.78, 5) is 15.3. The fourth-order valence-electron chi connectivity index (χ4n) is 4.35. The molecule has 0 radical (unpaired) electrons. The average Bonchev–Trinajstić information content (AvgIpc) is 3.38. The number of nitrogens with zero attached hydrogens (tertiary/aromatic N) is 2. The van der Waals surface area contributed by atoms with Crippen molar-refractivity contribution in [3.8, 4) is 34.3 Å². The van der Waals surface area contributed by atoms with Gasteiger partial charge in [-0.2, -0.15) is 5.10 Å². The van der Waals surface area contributed by atoms with Crippen LogP contribution >= 0.6 is 0 Å². The van der Waals surface area contributed by atoms with Crippen LogP contribution in [0.1, 0.15) is 53.8 Å². The summed E-state index contributed by atoms with van der Waals surface area (Å²) in [7, 11) is 4.60. The Morgan fingerprint density at radius 2 is 1.70 bits per heavy atom. The quantitative estimate of drug-likeness (QED) is 0.464. The van der Waals surface area contributed by atoms with Gasteiger partial charge >= 0.3 is 0 Å². The number of amides is 1. The second kappa shape index (κ2) is 9.44. The van der Waals surface area contributed by atoms with Crippen molar-refractivity contribution >= 4 is 5.91 Å². The van der Waals surface area contributed by atoms with E-state index >= 15 is 0 Å². The van der Waals surface area contributed by atoms with E-state index in [1.165, 1.54) is 14.2 Å². The van der Waals surface area contributed by atoms with Crippen LogP contribution in [0.2, 0.25) is 0 Å². The first-order chi connectivity index (χ1) is 16.0. The summed E-state index contributed by atoms with van der Waals surface area (Å²) in [6.07, 6.45) is 2.97. The first kappa shape index (κ1) is 22.5. The number of phenols is 1. The van der Waals surface area contributed by atoms with Gasteiger partial charge in [-0.15, -0.1) is 0 Å².